The summed E-state index contributed by atoms with van der Waals surface area (Å²) in [5.41, 5.74) is 3.52. The van der Waals surface area contributed by atoms with E-state index in [0.717, 1.165) is 5.56 Å². The molecule has 17 heavy (non-hydrogen) atoms. The molecule has 0 spiro atoms. The summed E-state index contributed by atoms with van der Waals surface area (Å²) < 4.78 is 5.18. The second kappa shape index (κ2) is 8.98. The van der Waals surface area contributed by atoms with Gasteiger partial charge in [0.15, 0.2) is 0 Å². The number of carbonyl (C=O) groups is 1. The maximum atomic E-state index is 11.5. The molecule has 0 aliphatic carbocycles. The number of benzene rings is 1. The summed E-state index contributed by atoms with van der Waals surface area (Å²) in [4.78, 5) is 11.5. The molecule has 0 aliphatic heterocycles. The number of esters is 1. The van der Waals surface area contributed by atoms with Gasteiger partial charge < -0.3 is 4.74 Å². The molecule has 4 nitrogen and oxygen atoms in total. The van der Waals surface area contributed by atoms with E-state index >= 15 is 0 Å². The first-order chi connectivity index (χ1) is 7.74. The number of hydrogen-bond acceptors (Lipinski definition) is 4. The zero-order valence-corrected chi connectivity index (χ0v) is 10.7. The number of halogens is 1. The normalized spacial score (nSPS) is 11.4. The van der Waals surface area contributed by atoms with Crippen molar-refractivity contribution in [1.82, 2.24) is 5.43 Å². The van der Waals surface area contributed by atoms with Gasteiger partial charge in [0.25, 0.3) is 0 Å². The Morgan fingerprint density at radius 1 is 1.41 bits per heavy atom. The van der Waals surface area contributed by atoms with Gasteiger partial charge in [-0.25, -0.2) is 0 Å². The van der Waals surface area contributed by atoms with Crippen molar-refractivity contribution >= 4 is 18.4 Å². The lowest BCUT2D eigenvalue weighted by molar-refractivity contribution is -0.149. The van der Waals surface area contributed by atoms with Crippen LogP contribution in [0.25, 0.3) is 0 Å². The zero-order chi connectivity index (χ0) is 11.8. The number of rotatable bonds is 6. The lowest BCUT2D eigenvalue weighted by Crippen LogP contribution is -2.26. The summed E-state index contributed by atoms with van der Waals surface area (Å²) in [6.45, 7) is 2.78. The van der Waals surface area contributed by atoms with Gasteiger partial charge in [-0.3, -0.25) is 16.1 Å². The van der Waals surface area contributed by atoms with Gasteiger partial charge in [-0.1, -0.05) is 37.3 Å². The molecule has 0 radical (unpaired) electrons. The summed E-state index contributed by atoms with van der Waals surface area (Å²) in [7, 11) is 0. The van der Waals surface area contributed by atoms with Crippen LogP contribution in [0.5, 0.6) is 0 Å². The Bertz CT molecular complexity index is 320. The quantitative estimate of drug-likeness (QED) is 0.463. The van der Waals surface area contributed by atoms with E-state index < -0.39 is 0 Å². The Kier molecular flexibility index (Phi) is 8.40. The van der Waals surface area contributed by atoms with E-state index in [1.54, 1.807) is 0 Å². The highest BCUT2D eigenvalue weighted by molar-refractivity contribution is 5.85. The Hall–Kier alpha value is -1.10. The Labute approximate surface area is 108 Å². The molecule has 0 unspecified atom stereocenters. The molecule has 1 atom stereocenters. The first-order valence-electron chi connectivity index (χ1n) is 5.38. The number of carbonyl (C=O) groups excluding carboxylic acids is 1. The maximum absolute atomic E-state index is 11.5. The highest BCUT2D eigenvalue weighted by atomic mass is 35.5. The molecular formula is C12H19ClN2O2. The molecule has 0 amide bonds. The molecule has 1 aromatic carbocycles. The molecule has 0 fully saturated rings. The van der Waals surface area contributed by atoms with E-state index in [9.17, 15) is 4.79 Å². The smallest absolute Gasteiger partial charge is 0.309 e. The topological polar surface area (TPSA) is 64.3 Å². The van der Waals surface area contributed by atoms with Crippen molar-refractivity contribution in [2.24, 2.45) is 11.8 Å². The van der Waals surface area contributed by atoms with E-state index in [4.69, 9.17) is 10.6 Å². The van der Waals surface area contributed by atoms with Crippen molar-refractivity contribution in [3.05, 3.63) is 35.9 Å². The van der Waals surface area contributed by atoms with Crippen LogP contribution in [0.2, 0.25) is 0 Å². The lowest BCUT2D eigenvalue weighted by atomic mass is 10.1. The van der Waals surface area contributed by atoms with Gasteiger partial charge in [-0.15, -0.1) is 12.4 Å². The van der Waals surface area contributed by atoms with Gasteiger partial charge >= 0.3 is 5.97 Å². The van der Waals surface area contributed by atoms with E-state index in [2.05, 4.69) is 5.43 Å². The molecule has 0 saturated carbocycles. The molecule has 96 valence electrons. The van der Waals surface area contributed by atoms with E-state index in [0.29, 0.717) is 19.6 Å². The summed E-state index contributed by atoms with van der Waals surface area (Å²) >= 11 is 0. The summed E-state index contributed by atoms with van der Waals surface area (Å²) in [6.07, 6.45) is 0.685. The maximum Gasteiger partial charge on any atom is 0.309 e. The van der Waals surface area contributed by atoms with Crippen LogP contribution in [0.4, 0.5) is 0 Å². The fraction of sp³-hybridized carbons (Fsp3) is 0.417. The van der Waals surface area contributed by atoms with Gasteiger partial charge in [0.2, 0.25) is 0 Å². The van der Waals surface area contributed by atoms with Crippen LogP contribution in [0.15, 0.2) is 30.3 Å². The minimum Gasteiger partial charge on any atom is -0.461 e. The minimum absolute atomic E-state index is 0. The largest absolute Gasteiger partial charge is 0.461 e. The third-order valence-electron chi connectivity index (χ3n) is 2.35. The predicted octanol–water partition coefficient (Wildman–Crippen LogP) is 1.64. The number of ether oxygens (including phenoxy) is 1. The van der Waals surface area contributed by atoms with Gasteiger partial charge in [0.05, 0.1) is 5.92 Å². The Morgan fingerprint density at radius 2 is 2.06 bits per heavy atom. The molecule has 1 rings (SSSR count). The number of hydrogen-bond donors (Lipinski definition) is 2. The van der Waals surface area contributed by atoms with E-state index in [1.807, 2.05) is 37.3 Å². The Balaban J connectivity index is 0.00000256. The average molecular weight is 259 g/mol. The minimum atomic E-state index is -0.181. The monoisotopic (exact) mass is 258 g/mol. The van der Waals surface area contributed by atoms with Crippen molar-refractivity contribution in [2.45, 2.75) is 20.0 Å². The second-order valence-corrected chi connectivity index (χ2v) is 3.74. The van der Waals surface area contributed by atoms with E-state index in [-0.39, 0.29) is 24.3 Å². The van der Waals surface area contributed by atoms with Crippen molar-refractivity contribution < 1.29 is 9.53 Å². The molecule has 0 aromatic heterocycles. The highest BCUT2D eigenvalue weighted by Crippen LogP contribution is 2.07. The summed E-state index contributed by atoms with van der Waals surface area (Å²) in [5, 5.41) is 0. The third kappa shape index (κ3) is 6.26. The first-order valence-corrected chi connectivity index (χ1v) is 5.38. The number of nitrogens with one attached hydrogen (secondary N) is 1. The van der Waals surface area contributed by atoms with E-state index in [1.165, 1.54) is 0 Å². The molecule has 3 N–H and O–H groups in total. The summed E-state index contributed by atoms with van der Waals surface area (Å²) in [5.74, 6) is 4.83. The molecule has 0 heterocycles. The molecule has 0 aliphatic rings. The van der Waals surface area contributed by atoms with Crippen molar-refractivity contribution in [3.8, 4) is 0 Å². The van der Waals surface area contributed by atoms with Crippen molar-refractivity contribution in [1.29, 1.82) is 0 Å². The molecule has 1 aromatic rings. The fourth-order valence-electron chi connectivity index (χ4n) is 1.29. The molecule has 0 saturated heterocycles. The van der Waals surface area contributed by atoms with Crippen molar-refractivity contribution in [2.75, 3.05) is 6.54 Å². The summed E-state index contributed by atoms with van der Waals surface area (Å²) in [6, 6.07) is 9.63. The Morgan fingerprint density at radius 3 is 2.65 bits per heavy atom. The molecular weight excluding hydrogens is 240 g/mol. The fourth-order valence-corrected chi connectivity index (χ4v) is 1.29. The van der Waals surface area contributed by atoms with Crippen LogP contribution in [0.1, 0.15) is 18.9 Å². The van der Waals surface area contributed by atoms with Crippen LogP contribution in [-0.4, -0.2) is 12.5 Å². The molecule has 5 heteroatoms. The van der Waals surface area contributed by atoms with Crippen LogP contribution < -0.4 is 11.3 Å². The van der Waals surface area contributed by atoms with Gasteiger partial charge in [-0.05, 0) is 12.0 Å². The van der Waals surface area contributed by atoms with Gasteiger partial charge in [-0.2, -0.15) is 0 Å². The first kappa shape index (κ1) is 15.9. The number of hydrazine groups is 1. The standard InChI is InChI=1S/C12H18N2O2.ClH/c1-10(7-8-14-13)12(15)16-9-11-5-3-2-4-6-11;/h2-6,10,14H,7-9,13H2,1H3;1H/t10-;/m1./s1. The van der Waals surface area contributed by atoms with Crippen molar-refractivity contribution in [3.63, 3.8) is 0 Å². The zero-order valence-electron chi connectivity index (χ0n) is 9.89. The SMILES string of the molecule is C[C@H](CCNN)C(=O)OCc1ccccc1.Cl. The predicted molar refractivity (Wildman–Crippen MR) is 69.5 cm³/mol. The van der Waals surface area contributed by atoms with Crippen LogP contribution in [0, 0.1) is 5.92 Å². The third-order valence-corrected chi connectivity index (χ3v) is 2.35. The lowest BCUT2D eigenvalue weighted by Gasteiger charge is -2.10. The van der Waals surface area contributed by atoms with Crippen LogP contribution in [0.3, 0.4) is 0 Å². The second-order valence-electron chi connectivity index (χ2n) is 3.74. The average Bonchev–Trinajstić information content (AvgIpc) is 2.34. The van der Waals surface area contributed by atoms with Crippen LogP contribution >= 0.6 is 12.4 Å². The van der Waals surface area contributed by atoms with Gasteiger partial charge in [0.1, 0.15) is 6.61 Å². The molecule has 0 bridgehead atoms. The van der Waals surface area contributed by atoms with Crippen LogP contribution in [-0.2, 0) is 16.1 Å². The highest BCUT2D eigenvalue weighted by Gasteiger charge is 2.13. The number of nitrogens with two attached hydrogens (primary N) is 1. The van der Waals surface area contributed by atoms with Gasteiger partial charge in [0, 0.05) is 6.54 Å².